The molecule has 282 valence electrons. The van der Waals surface area contributed by atoms with E-state index in [0.717, 1.165) is 109 Å². The molecule has 0 aliphatic carbocycles. The minimum atomic E-state index is 0.164. The van der Waals surface area contributed by atoms with Crippen molar-refractivity contribution in [2.45, 2.75) is 106 Å². The Balaban J connectivity index is 0.000000411. The predicted octanol–water partition coefficient (Wildman–Crippen LogP) is 9.92. The number of carbonyl (C=O) groups excluding carboxylic acids is 3. The summed E-state index contributed by atoms with van der Waals surface area (Å²) in [7, 11) is 0. The van der Waals surface area contributed by atoms with E-state index in [2.05, 4.69) is 57.9 Å². The fraction of sp³-hybridized carbons (Fsp3) is 0.625. The Labute approximate surface area is 319 Å². The number of aryl methyl sites for hydroxylation is 2. The maximum atomic E-state index is 12.5. The third-order valence-electron chi connectivity index (χ3n) is 9.03. The topological polar surface area (TPSA) is 99.2 Å². The van der Waals surface area contributed by atoms with Gasteiger partial charge in [0.2, 0.25) is 18.2 Å². The summed E-state index contributed by atoms with van der Waals surface area (Å²) in [6.07, 6.45) is 9.49. The van der Waals surface area contributed by atoms with E-state index in [1.807, 2.05) is 73.9 Å². The van der Waals surface area contributed by atoms with Gasteiger partial charge in [-0.1, -0.05) is 59.2 Å². The smallest absolute Gasteiger partial charge is 0.223 e. The van der Waals surface area contributed by atoms with E-state index in [-0.39, 0.29) is 17.6 Å². The molecule has 2 N–H and O–H groups in total. The number of carbonyl (C=O) groups is 3. The second-order valence-corrected chi connectivity index (χ2v) is 14.8. The monoisotopic (exact) mass is 823 g/mol. The first-order valence-electron chi connectivity index (χ1n) is 18.5. The lowest BCUT2D eigenvalue weighted by Crippen LogP contribution is -2.42. The molecule has 5 rings (SSSR count). The van der Waals surface area contributed by atoms with E-state index >= 15 is 0 Å². The summed E-state index contributed by atoms with van der Waals surface area (Å²) in [5.41, 5.74) is 3.06. The molecule has 50 heavy (non-hydrogen) atoms. The third-order valence-corrected chi connectivity index (χ3v) is 10.2. The number of amides is 3. The van der Waals surface area contributed by atoms with E-state index in [1.54, 1.807) is 0 Å². The molecule has 0 atom stereocenters. The number of hydrogen-bond acceptors (Lipinski definition) is 5. The number of hydrogen-bond donors (Lipinski definition) is 2. The van der Waals surface area contributed by atoms with Gasteiger partial charge in [0.25, 0.3) is 0 Å². The van der Waals surface area contributed by atoms with Crippen LogP contribution in [0.4, 0.5) is 5.69 Å². The lowest BCUT2D eigenvalue weighted by molar-refractivity contribution is -0.138. The summed E-state index contributed by atoms with van der Waals surface area (Å²) < 4.78 is 6.90. The number of para-hydroxylation sites is 1. The van der Waals surface area contributed by atoms with Crippen molar-refractivity contribution in [3.05, 3.63) is 56.5 Å². The number of ether oxygens (including phenoxy) is 1. The van der Waals surface area contributed by atoms with E-state index in [1.165, 1.54) is 19.3 Å². The van der Waals surface area contributed by atoms with E-state index in [9.17, 15) is 19.5 Å². The van der Waals surface area contributed by atoms with Gasteiger partial charge in [-0.15, -0.1) is 0 Å². The van der Waals surface area contributed by atoms with Crippen molar-refractivity contribution >= 4 is 55.8 Å². The van der Waals surface area contributed by atoms with Crippen molar-refractivity contribution in [2.75, 3.05) is 44.7 Å². The third kappa shape index (κ3) is 17.2. The van der Waals surface area contributed by atoms with Crippen molar-refractivity contribution in [3.63, 3.8) is 0 Å². The molecule has 3 aliphatic rings. The van der Waals surface area contributed by atoms with Crippen molar-refractivity contribution in [3.8, 4) is 5.75 Å². The minimum absolute atomic E-state index is 0.164. The van der Waals surface area contributed by atoms with Crippen molar-refractivity contribution in [1.82, 2.24) is 9.80 Å². The largest absolute Gasteiger partial charge is 0.506 e. The van der Waals surface area contributed by atoms with Crippen LogP contribution in [0.1, 0.15) is 104 Å². The zero-order chi connectivity index (χ0) is 37.5. The molecule has 3 amide bonds. The van der Waals surface area contributed by atoms with Gasteiger partial charge in [-0.05, 0) is 131 Å². The average molecular weight is 826 g/mol. The minimum Gasteiger partial charge on any atom is -0.506 e. The SMILES string of the molecule is CC.CC1CCN(C(=O)CCC(=O)N2CCC(C3CCOCC3)CC2)CC1.CCC.Cc1cc(Br)c(O)c(Br)c1.Cc1ccccc1NC=O. The van der Waals surface area contributed by atoms with Crippen LogP contribution in [0.15, 0.2) is 45.3 Å². The Hall–Kier alpha value is -2.43. The molecule has 3 heterocycles. The molecule has 3 saturated heterocycles. The van der Waals surface area contributed by atoms with Gasteiger partial charge in [0, 0.05) is 57.9 Å². The molecular formula is C40H63Br2N3O5. The van der Waals surface area contributed by atoms with Gasteiger partial charge in [-0.3, -0.25) is 14.4 Å². The number of halogens is 2. The van der Waals surface area contributed by atoms with Crippen LogP contribution in [0.5, 0.6) is 5.75 Å². The Bertz CT molecular complexity index is 1230. The van der Waals surface area contributed by atoms with Crippen LogP contribution in [0.3, 0.4) is 0 Å². The highest BCUT2D eigenvalue weighted by molar-refractivity contribution is 9.11. The van der Waals surface area contributed by atoms with Gasteiger partial charge in [0.15, 0.2) is 0 Å². The maximum absolute atomic E-state index is 12.5. The fourth-order valence-corrected chi connectivity index (χ4v) is 7.50. The summed E-state index contributed by atoms with van der Waals surface area (Å²) in [5, 5.41) is 11.8. The number of piperidine rings is 2. The highest BCUT2D eigenvalue weighted by Crippen LogP contribution is 2.33. The van der Waals surface area contributed by atoms with Crippen molar-refractivity contribution in [2.24, 2.45) is 17.8 Å². The number of aromatic hydroxyl groups is 1. The summed E-state index contributed by atoms with van der Waals surface area (Å²) in [6, 6.07) is 11.4. The zero-order valence-electron chi connectivity index (χ0n) is 31.6. The summed E-state index contributed by atoms with van der Waals surface area (Å²) >= 11 is 6.43. The van der Waals surface area contributed by atoms with Gasteiger partial charge in [-0.25, -0.2) is 0 Å². The Morgan fingerprint density at radius 2 is 1.28 bits per heavy atom. The van der Waals surface area contributed by atoms with Gasteiger partial charge in [0.1, 0.15) is 5.75 Å². The Kier molecular flexibility index (Phi) is 24.0. The Morgan fingerprint density at radius 1 is 0.840 bits per heavy atom. The van der Waals surface area contributed by atoms with Gasteiger partial charge >= 0.3 is 0 Å². The number of rotatable bonds is 6. The molecule has 0 bridgehead atoms. The number of anilines is 1. The highest BCUT2D eigenvalue weighted by Gasteiger charge is 2.30. The van der Waals surface area contributed by atoms with Crippen LogP contribution in [-0.4, -0.2) is 72.5 Å². The summed E-state index contributed by atoms with van der Waals surface area (Å²) in [4.78, 5) is 38.7. The molecule has 2 aromatic carbocycles. The maximum Gasteiger partial charge on any atom is 0.223 e. The van der Waals surface area contributed by atoms with Crippen LogP contribution in [0.2, 0.25) is 0 Å². The first-order chi connectivity index (χ1) is 24.0. The van der Waals surface area contributed by atoms with Gasteiger partial charge < -0.3 is 25.0 Å². The Morgan fingerprint density at radius 3 is 1.74 bits per heavy atom. The van der Waals surface area contributed by atoms with Crippen LogP contribution < -0.4 is 5.32 Å². The lowest BCUT2D eigenvalue weighted by Gasteiger charge is -2.37. The number of likely N-dealkylation sites (tertiary alicyclic amines) is 2. The molecular weight excluding hydrogens is 762 g/mol. The van der Waals surface area contributed by atoms with Crippen LogP contribution in [0, 0.1) is 31.6 Å². The van der Waals surface area contributed by atoms with Gasteiger partial charge in [-0.2, -0.15) is 0 Å². The fourth-order valence-electron chi connectivity index (χ4n) is 6.09. The molecule has 0 radical (unpaired) electrons. The van der Waals surface area contributed by atoms with E-state index in [0.29, 0.717) is 19.3 Å². The number of benzene rings is 2. The molecule has 3 fully saturated rings. The van der Waals surface area contributed by atoms with Crippen LogP contribution in [0.25, 0.3) is 0 Å². The predicted molar refractivity (Wildman–Crippen MR) is 213 cm³/mol. The molecule has 3 aliphatic heterocycles. The van der Waals surface area contributed by atoms with Crippen LogP contribution >= 0.6 is 31.9 Å². The molecule has 0 saturated carbocycles. The first-order valence-corrected chi connectivity index (χ1v) is 20.1. The molecule has 0 spiro atoms. The molecule has 8 nitrogen and oxygen atoms in total. The summed E-state index contributed by atoms with van der Waals surface area (Å²) in [5.74, 6) is 2.86. The van der Waals surface area contributed by atoms with Crippen molar-refractivity contribution in [1.29, 1.82) is 0 Å². The quantitative estimate of drug-likeness (QED) is 0.283. The van der Waals surface area contributed by atoms with E-state index < -0.39 is 0 Å². The number of phenols is 1. The molecule has 0 unspecified atom stereocenters. The van der Waals surface area contributed by atoms with Gasteiger partial charge in [0.05, 0.1) is 8.95 Å². The first kappa shape index (κ1) is 45.6. The molecule has 2 aromatic rings. The lowest BCUT2D eigenvalue weighted by atomic mass is 9.80. The highest BCUT2D eigenvalue weighted by atomic mass is 79.9. The zero-order valence-corrected chi connectivity index (χ0v) is 34.8. The van der Waals surface area contributed by atoms with Crippen LogP contribution in [-0.2, 0) is 19.1 Å². The second-order valence-electron chi connectivity index (χ2n) is 13.1. The second kappa shape index (κ2) is 26.4. The normalized spacial score (nSPS) is 16.5. The standard InChI is InChI=1S/C20H34N2O3.C8H9NO.C7H6Br2O.C3H8.C2H6/c1-16-4-10-21(11-5-16)19(23)2-3-20(24)22-12-6-17(7-13-22)18-8-14-25-15-9-18;1-7-4-2-3-5-8(7)9-6-10;1-4-2-5(8)7(10)6(9)3-4;1-3-2;1-2/h16-18H,2-15H2,1H3;2-6H,1H3,(H,9,10);2-3,10H,1H3;3H2,1-2H3;1-2H3. The molecule has 0 aromatic heterocycles. The van der Waals surface area contributed by atoms with E-state index in [4.69, 9.17) is 4.74 Å². The number of nitrogens with one attached hydrogen (secondary N) is 1. The number of phenolic OH excluding ortho intramolecular Hbond substituents is 1. The summed E-state index contributed by atoms with van der Waals surface area (Å²) in [6.45, 7) is 19.7. The average Bonchev–Trinajstić information content (AvgIpc) is 3.13. The molecule has 10 heteroatoms. The van der Waals surface area contributed by atoms with Crippen molar-refractivity contribution < 1.29 is 24.2 Å². The number of nitrogens with zero attached hydrogens (tertiary/aromatic N) is 2.